The third kappa shape index (κ3) is 3.49. The summed E-state index contributed by atoms with van der Waals surface area (Å²) < 4.78 is 25.4. The van der Waals surface area contributed by atoms with Gasteiger partial charge >= 0.3 is 6.03 Å². The standard InChI is InChI=1S/C18H21N3O5S/c1-4-5-15-17(23)20(18(24)19-15)9-16(22)14-8-11(2)21(12(14)3)13-6-7-27(25,26)10-13/h1,8,13,15H,5-7,9-10H2,2-3H3,(H,19,24)/t13-,15+/m1/s1. The molecule has 0 radical (unpaired) electrons. The molecule has 1 N–H and O–H groups in total. The molecule has 0 bridgehead atoms. The summed E-state index contributed by atoms with van der Waals surface area (Å²) in [6.45, 7) is 3.18. The van der Waals surface area contributed by atoms with Crippen LogP contribution in [0.3, 0.4) is 0 Å². The van der Waals surface area contributed by atoms with Crippen LogP contribution in [0.4, 0.5) is 4.79 Å². The molecular weight excluding hydrogens is 370 g/mol. The normalized spacial score (nSPS) is 24.1. The minimum Gasteiger partial charge on any atom is -0.344 e. The van der Waals surface area contributed by atoms with Crippen molar-refractivity contribution < 1.29 is 22.8 Å². The van der Waals surface area contributed by atoms with E-state index in [9.17, 15) is 22.8 Å². The van der Waals surface area contributed by atoms with Gasteiger partial charge in [0.2, 0.25) is 0 Å². The molecule has 3 heterocycles. The summed E-state index contributed by atoms with van der Waals surface area (Å²) >= 11 is 0. The maximum atomic E-state index is 12.7. The number of nitrogens with zero attached hydrogens (tertiary/aromatic N) is 2. The Morgan fingerprint density at radius 2 is 2.07 bits per heavy atom. The Hall–Kier alpha value is -2.60. The van der Waals surface area contributed by atoms with Crippen molar-refractivity contribution in [2.45, 2.75) is 38.8 Å². The van der Waals surface area contributed by atoms with E-state index in [1.165, 1.54) is 0 Å². The average molecular weight is 391 g/mol. The van der Waals surface area contributed by atoms with Crippen LogP contribution in [0.25, 0.3) is 0 Å². The lowest BCUT2D eigenvalue weighted by atomic mass is 10.1. The van der Waals surface area contributed by atoms with E-state index in [2.05, 4.69) is 11.2 Å². The summed E-state index contributed by atoms with van der Waals surface area (Å²) in [6.07, 6.45) is 5.76. The zero-order valence-corrected chi connectivity index (χ0v) is 16.0. The van der Waals surface area contributed by atoms with Crippen molar-refractivity contribution in [2.24, 2.45) is 0 Å². The average Bonchev–Trinajstić information content (AvgIpc) is 3.17. The molecule has 2 atom stereocenters. The maximum absolute atomic E-state index is 12.7. The fourth-order valence-corrected chi connectivity index (χ4v) is 5.51. The quantitative estimate of drug-likeness (QED) is 0.449. The molecule has 1 aromatic rings. The number of ketones is 1. The first-order chi connectivity index (χ1) is 12.6. The molecule has 9 heteroatoms. The number of carbonyl (C=O) groups excluding carboxylic acids is 3. The number of sulfone groups is 1. The molecule has 0 aromatic carbocycles. The van der Waals surface area contributed by atoms with Gasteiger partial charge in [-0.3, -0.25) is 14.5 Å². The van der Waals surface area contributed by atoms with Crippen molar-refractivity contribution in [1.29, 1.82) is 0 Å². The second-order valence-corrected chi connectivity index (χ2v) is 9.20. The molecule has 2 aliphatic heterocycles. The molecule has 144 valence electrons. The molecule has 27 heavy (non-hydrogen) atoms. The molecule has 0 aliphatic carbocycles. The van der Waals surface area contributed by atoms with E-state index in [-0.39, 0.29) is 36.3 Å². The molecule has 2 fully saturated rings. The molecule has 8 nitrogen and oxygen atoms in total. The Bertz CT molecular complexity index is 970. The molecule has 3 amide bonds. The highest BCUT2D eigenvalue weighted by atomic mass is 32.2. The van der Waals surface area contributed by atoms with Crippen LogP contribution in [0.15, 0.2) is 6.07 Å². The number of rotatable bonds is 5. The fraction of sp³-hybridized carbons (Fsp3) is 0.500. The predicted octanol–water partition coefficient (Wildman–Crippen LogP) is 0.591. The zero-order chi connectivity index (χ0) is 19.9. The van der Waals surface area contributed by atoms with Crippen LogP contribution in [0.5, 0.6) is 0 Å². The van der Waals surface area contributed by atoms with Crippen LogP contribution in [0, 0.1) is 26.2 Å². The number of urea groups is 1. The number of carbonyl (C=O) groups is 3. The Kier molecular flexibility index (Phi) is 4.86. The van der Waals surface area contributed by atoms with Gasteiger partial charge in [0.05, 0.1) is 18.1 Å². The van der Waals surface area contributed by atoms with Crippen molar-refractivity contribution >= 4 is 27.6 Å². The third-order valence-electron chi connectivity index (χ3n) is 5.09. The van der Waals surface area contributed by atoms with Gasteiger partial charge in [0, 0.05) is 29.4 Å². The minimum atomic E-state index is -3.06. The Morgan fingerprint density at radius 1 is 1.37 bits per heavy atom. The van der Waals surface area contributed by atoms with Gasteiger partial charge in [0.25, 0.3) is 5.91 Å². The van der Waals surface area contributed by atoms with Crippen molar-refractivity contribution in [3.63, 3.8) is 0 Å². The van der Waals surface area contributed by atoms with E-state index >= 15 is 0 Å². The van der Waals surface area contributed by atoms with Gasteiger partial charge in [-0.25, -0.2) is 13.2 Å². The molecule has 3 rings (SSSR count). The number of amides is 3. The molecule has 0 saturated carbocycles. The second kappa shape index (κ2) is 6.85. The van der Waals surface area contributed by atoms with Crippen LogP contribution in [0.1, 0.15) is 40.6 Å². The third-order valence-corrected chi connectivity index (χ3v) is 6.84. The molecular formula is C18H21N3O5S. The smallest absolute Gasteiger partial charge is 0.325 e. The molecule has 0 spiro atoms. The minimum absolute atomic E-state index is 0.0533. The first-order valence-corrected chi connectivity index (χ1v) is 10.4. The van der Waals surface area contributed by atoms with Crippen LogP contribution in [-0.2, 0) is 14.6 Å². The first-order valence-electron chi connectivity index (χ1n) is 8.62. The number of imide groups is 1. The highest BCUT2D eigenvalue weighted by Crippen LogP contribution is 2.29. The van der Waals surface area contributed by atoms with Crippen LogP contribution in [0.2, 0.25) is 0 Å². The van der Waals surface area contributed by atoms with Crippen molar-refractivity contribution in [3.8, 4) is 12.3 Å². The van der Waals surface area contributed by atoms with Gasteiger partial charge in [-0.2, -0.15) is 0 Å². The van der Waals surface area contributed by atoms with E-state index in [1.807, 2.05) is 11.5 Å². The summed E-state index contributed by atoms with van der Waals surface area (Å²) in [5.41, 5.74) is 1.81. The van der Waals surface area contributed by atoms with Gasteiger partial charge in [-0.05, 0) is 26.3 Å². The zero-order valence-electron chi connectivity index (χ0n) is 15.2. The summed E-state index contributed by atoms with van der Waals surface area (Å²) in [5.74, 6) is 1.63. The SMILES string of the molecule is C#CC[C@@H]1NC(=O)N(CC(=O)c2cc(C)n([C@@H]3CCS(=O)(=O)C3)c2C)C1=O. The number of Topliss-reactive ketones (excluding diaryl/α,β-unsaturated/α-hetero) is 1. The lowest BCUT2D eigenvalue weighted by Gasteiger charge is -2.16. The molecule has 2 saturated heterocycles. The van der Waals surface area contributed by atoms with E-state index < -0.39 is 27.8 Å². The van der Waals surface area contributed by atoms with Crippen molar-refractivity contribution in [1.82, 2.24) is 14.8 Å². The van der Waals surface area contributed by atoms with Crippen molar-refractivity contribution in [3.05, 3.63) is 23.0 Å². The summed E-state index contributed by atoms with van der Waals surface area (Å²) in [4.78, 5) is 37.8. The number of aromatic nitrogens is 1. The number of aryl methyl sites for hydroxylation is 1. The highest BCUT2D eigenvalue weighted by Gasteiger charge is 2.39. The predicted molar refractivity (Wildman–Crippen MR) is 98.0 cm³/mol. The van der Waals surface area contributed by atoms with Crippen molar-refractivity contribution in [2.75, 3.05) is 18.1 Å². The molecule has 2 aliphatic rings. The number of hydrogen-bond acceptors (Lipinski definition) is 5. The highest BCUT2D eigenvalue weighted by molar-refractivity contribution is 7.91. The summed E-state index contributed by atoms with van der Waals surface area (Å²) in [5, 5.41) is 2.47. The lowest BCUT2D eigenvalue weighted by molar-refractivity contribution is -0.127. The van der Waals surface area contributed by atoms with E-state index in [0.29, 0.717) is 17.7 Å². The van der Waals surface area contributed by atoms with Gasteiger partial charge < -0.3 is 9.88 Å². The second-order valence-electron chi connectivity index (χ2n) is 6.97. The first kappa shape index (κ1) is 19.2. The largest absolute Gasteiger partial charge is 0.344 e. The van der Waals surface area contributed by atoms with Gasteiger partial charge in [-0.15, -0.1) is 12.3 Å². The summed E-state index contributed by atoms with van der Waals surface area (Å²) in [7, 11) is -3.06. The van der Waals surface area contributed by atoms with Crippen LogP contribution in [-0.4, -0.2) is 59.7 Å². The van der Waals surface area contributed by atoms with Gasteiger partial charge in [0.15, 0.2) is 15.6 Å². The monoisotopic (exact) mass is 391 g/mol. The van der Waals surface area contributed by atoms with Gasteiger partial charge in [0.1, 0.15) is 6.04 Å². The maximum Gasteiger partial charge on any atom is 0.325 e. The molecule has 0 unspecified atom stereocenters. The summed E-state index contributed by atoms with van der Waals surface area (Å²) in [6, 6.07) is 0.0453. The van der Waals surface area contributed by atoms with E-state index in [1.54, 1.807) is 13.0 Å². The Balaban J connectivity index is 1.81. The Morgan fingerprint density at radius 3 is 2.67 bits per heavy atom. The van der Waals surface area contributed by atoms with E-state index in [0.717, 1.165) is 10.6 Å². The van der Waals surface area contributed by atoms with Gasteiger partial charge in [-0.1, -0.05) is 0 Å². The Labute approximate surface area is 157 Å². The number of hydrogen-bond donors (Lipinski definition) is 1. The number of nitrogens with one attached hydrogen (secondary N) is 1. The van der Waals surface area contributed by atoms with E-state index in [4.69, 9.17) is 6.42 Å². The molecule has 1 aromatic heterocycles. The fourth-order valence-electron chi connectivity index (χ4n) is 3.81. The van der Waals surface area contributed by atoms with Crippen LogP contribution >= 0.6 is 0 Å². The lowest BCUT2D eigenvalue weighted by Crippen LogP contribution is -2.36. The van der Waals surface area contributed by atoms with Crippen LogP contribution < -0.4 is 5.32 Å². The topological polar surface area (TPSA) is 106 Å². The number of terminal acetylenes is 1.